The first-order valence-electron chi connectivity index (χ1n) is 5.74. The summed E-state index contributed by atoms with van der Waals surface area (Å²) in [5.74, 6) is 2.59. The highest BCUT2D eigenvalue weighted by molar-refractivity contribution is 7.09. The van der Waals surface area contributed by atoms with E-state index in [1.807, 2.05) is 10.8 Å². The quantitative estimate of drug-likeness (QED) is 0.579. The van der Waals surface area contributed by atoms with Crippen LogP contribution in [0, 0.1) is 11.6 Å². The van der Waals surface area contributed by atoms with Crippen molar-refractivity contribution in [2.24, 2.45) is 5.84 Å². The highest BCUT2D eigenvalue weighted by Crippen LogP contribution is 2.19. The maximum atomic E-state index is 13.4. The van der Waals surface area contributed by atoms with Gasteiger partial charge in [-0.25, -0.2) is 13.8 Å². The third kappa shape index (κ3) is 3.28. The van der Waals surface area contributed by atoms with Crippen LogP contribution in [0.1, 0.15) is 15.4 Å². The standard InChI is InChI=1S/C12H12F2N4OS/c13-8-5-7(6-9(14)11(8)18-15)12(19)17-2-1-10-16-3-4-20-10/h3-6,18H,1-2,15H2,(H,17,19). The van der Waals surface area contributed by atoms with E-state index in [0.29, 0.717) is 13.0 Å². The number of benzene rings is 1. The van der Waals surface area contributed by atoms with Crippen molar-refractivity contribution in [2.75, 3.05) is 12.0 Å². The minimum absolute atomic E-state index is 0.0989. The van der Waals surface area contributed by atoms with Crippen molar-refractivity contribution in [3.05, 3.63) is 45.9 Å². The molecule has 2 rings (SSSR count). The molecule has 1 amide bonds. The van der Waals surface area contributed by atoms with E-state index < -0.39 is 23.2 Å². The zero-order valence-corrected chi connectivity index (χ0v) is 11.1. The van der Waals surface area contributed by atoms with Gasteiger partial charge in [0.2, 0.25) is 0 Å². The number of nitrogens with one attached hydrogen (secondary N) is 2. The molecule has 20 heavy (non-hydrogen) atoms. The molecule has 0 atom stereocenters. The molecule has 2 aromatic rings. The average molecular weight is 298 g/mol. The Hall–Kier alpha value is -2.06. The SMILES string of the molecule is NNc1c(F)cc(C(=O)NCCc2nccs2)cc1F. The summed E-state index contributed by atoms with van der Waals surface area (Å²) in [6, 6.07) is 1.86. The molecule has 106 valence electrons. The number of aromatic nitrogens is 1. The zero-order valence-electron chi connectivity index (χ0n) is 10.3. The molecule has 5 nitrogen and oxygen atoms in total. The van der Waals surface area contributed by atoms with Gasteiger partial charge in [0, 0.05) is 30.1 Å². The molecule has 4 N–H and O–H groups in total. The topological polar surface area (TPSA) is 80.0 Å². The number of amides is 1. The Morgan fingerprint density at radius 1 is 1.35 bits per heavy atom. The summed E-state index contributed by atoms with van der Waals surface area (Å²) in [5, 5.41) is 5.29. The number of hydrazine groups is 1. The molecular formula is C12H12F2N4OS. The van der Waals surface area contributed by atoms with Crippen LogP contribution in [-0.4, -0.2) is 17.4 Å². The van der Waals surface area contributed by atoms with Gasteiger partial charge in [-0.1, -0.05) is 0 Å². The lowest BCUT2D eigenvalue weighted by Gasteiger charge is -2.08. The fourth-order valence-electron chi connectivity index (χ4n) is 1.60. The predicted octanol–water partition coefficient (Wildman–Crippen LogP) is 1.68. The van der Waals surface area contributed by atoms with Gasteiger partial charge in [0.1, 0.15) is 5.69 Å². The molecule has 0 aliphatic rings. The van der Waals surface area contributed by atoms with Gasteiger partial charge in [-0.2, -0.15) is 0 Å². The number of anilines is 1. The third-order valence-corrected chi connectivity index (χ3v) is 3.40. The summed E-state index contributed by atoms with van der Waals surface area (Å²) in [4.78, 5) is 15.8. The van der Waals surface area contributed by atoms with Crippen LogP contribution in [0.2, 0.25) is 0 Å². The van der Waals surface area contributed by atoms with Gasteiger partial charge < -0.3 is 10.7 Å². The second-order valence-corrected chi connectivity index (χ2v) is 4.87. The van der Waals surface area contributed by atoms with Crippen LogP contribution in [0.15, 0.2) is 23.7 Å². The van der Waals surface area contributed by atoms with E-state index in [4.69, 9.17) is 5.84 Å². The molecule has 0 saturated carbocycles. The maximum absolute atomic E-state index is 13.4. The summed E-state index contributed by atoms with van der Waals surface area (Å²) >= 11 is 1.48. The molecule has 0 aliphatic heterocycles. The van der Waals surface area contributed by atoms with Crippen molar-refractivity contribution < 1.29 is 13.6 Å². The van der Waals surface area contributed by atoms with Crippen LogP contribution in [0.25, 0.3) is 0 Å². The number of thiazole rings is 1. The van der Waals surface area contributed by atoms with Gasteiger partial charge in [-0.3, -0.25) is 10.6 Å². The number of nitrogens with two attached hydrogens (primary N) is 1. The van der Waals surface area contributed by atoms with Crippen molar-refractivity contribution in [3.8, 4) is 0 Å². The highest BCUT2D eigenvalue weighted by Gasteiger charge is 2.14. The fraction of sp³-hybridized carbons (Fsp3) is 0.167. The summed E-state index contributed by atoms with van der Waals surface area (Å²) in [6.07, 6.45) is 2.24. The van der Waals surface area contributed by atoms with Crippen LogP contribution < -0.4 is 16.6 Å². The minimum Gasteiger partial charge on any atom is -0.352 e. The van der Waals surface area contributed by atoms with Crippen molar-refractivity contribution >= 4 is 22.9 Å². The van der Waals surface area contributed by atoms with Gasteiger partial charge in [-0.15, -0.1) is 11.3 Å². The van der Waals surface area contributed by atoms with E-state index in [-0.39, 0.29) is 5.56 Å². The first-order valence-corrected chi connectivity index (χ1v) is 6.62. The number of halogens is 2. The van der Waals surface area contributed by atoms with Crippen molar-refractivity contribution in [1.29, 1.82) is 0 Å². The summed E-state index contributed by atoms with van der Waals surface area (Å²) in [5.41, 5.74) is 1.34. The average Bonchev–Trinajstić information content (AvgIpc) is 2.91. The van der Waals surface area contributed by atoms with Crippen molar-refractivity contribution in [2.45, 2.75) is 6.42 Å². The Labute approximate surface area is 117 Å². The van der Waals surface area contributed by atoms with E-state index in [0.717, 1.165) is 17.1 Å². The van der Waals surface area contributed by atoms with Gasteiger partial charge in [0.05, 0.1) is 5.01 Å². The van der Waals surface area contributed by atoms with E-state index in [1.165, 1.54) is 11.3 Å². The van der Waals surface area contributed by atoms with E-state index in [9.17, 15) is 13.6 Å². The molecule has 0 radical (unpaired) electrons. The van der Waals surface area contributed by atoms with E-state index >= 15 is 0 Å². The lowest BCUT2D eigenvalue weighted by molar-refractivity contribution is 0.0953. The van der Waals surface area contributed by atoms with Gasteiger partial charge in [0.15, 0.2) is 11.6 Å². The van der Waals surface area contributed by atoms with Gasteiger partial charge in [-0.05, 0) is 12.1 Å². The summed E-state index contributed by atoms with van der Waals surface area (Å²) in [7, 11) is 0. The third-order valence-electron chi connectivity index (χ3n) is 2.56. The molecular weight excluding hydrogens is 286 g/mol. The lowest BCUT2D eigenvalue weighted by atomic mass is 10.1. The van der Waals surface area contributed by atoms with Gasteiger partial charge in [0.25, 0.3) is 5.91 Å². The maximum Gasteiger partial charge on any atom is 0.251 e. The van der Waals surface area contributed by atoms with Crippen LogP contribution >= 0.6 is 11.3 Å². The van der Waals surface area contributed by atoms with Crippen molar-refractivity contribution in [1.82, 2.24) is 10.3 Å². The molecule has 0 saturated heterocycles. The Kier molecular flexibility index (Phi) is 4.59. The minimum atomic E-state index is -0.919. The molecule has 1 aromatic carbocycles. The largest absolute Gasteiger partial charge is 0.352 e. The molecule has 0 bridgehead atoms. The Morgan fingerprint density at radius 3 is 2.60 bits per heavy atom. The summed E-state index contributed by atoms with van der Waals surface area (Å²) in [6.45, 7) is 0.340. The Balaban J connectivity index is 1.99. The monoisotopic (exact) mass is 298 g/mol. The molecule has 0 unspecified atom stereocenters. The lowest BCUT2D eigenvalue weighted by Crippen LogP contribution is -2.26. The first kappa shape index (κ1) is 14.4. The number of carbonyl (C=O) groups is 1. The van der Waals surface area contributed by atoms with Crippen molar-refractivity contribution in [3.63, 3.8) is 0 Å². The van der Waals surface area contributed by atoms with E-state index in [1.54, 1.807) is 6.20 Å². The normalized spacial score (nSPS) is 10.3. The molecule has 0 spiro atoms. The first-order chi connectivity index (χ1) is 9.61. The molecule has 1 heterocycles. The number of carbonyl (C=O) groups excluding carboxylic acids is 1. The van der Waals surface area contributed by atoms with Gasteiger partial charge >= 0.3 is 0 Å². The predicted molar refractivity (Wildman–Crippen MR) is 72.3 cm³/mol. The van der Waals surface area contributed by atoms with Crippen LogP contribution in [-0.2, 0) is 6.42 Å². The second kappa shape index (κ2) is 6.40. The number of nitrogens with zero attached hydrogens (tertiary/aromatic N) is 1. The van der Waals surface area contributed by atoms with Crippen LogP contribution in [0.4, 0.5) is 14.5 Å². The fourth-order valence-corrected chi connectivity index (χ4v) is 2.22. The number of hydrogen-bond donors (Lipinski definition) is 3. The smallest absolute Gasteiger partial charge is 0.251 e. The van der Waals surface area contributed by atoms with Crippen LogP contribution in [0.5, 0.6) is 0 Å². The molecule has 0 aliphatic carbocycles. The molecule has 0 fully saturated rings. The Morgan fingerprint density at radius 2 is 2.05 bits per heavy atom. The zero-order chi connectivity index (χ0) is 14.5. The number of hydrogen-bond acceptors (Lipinski definition) is 5. The number of rotatable bonds is 5. The van der Waals surface area contributed by atoms with Crippen LogP contribution in [0.3, 0.4) is 0 Å². The summed E-state index contributed by atoms with van der Waals surface area (Å²) < 4.78 is 26.9. The molecule has 1 aromatic heterocycles. The second-order valence-electron chi connectivity index (χ2n) is 3.89. The number of nitrogen functional groups attached to an aromatic ring is 1. The van der Waals surface area contributed by atoms with E-state index in [2.05, 4.69) is 10.3 Å². The molecule has 8 heteroatoms. The highest BCUT2D eigenvalue weighted by atomic mass is 32.1. The Bertz CT molecular complexity index is 581.